The van der Waals surface area contributed by atoms with E-state index in [1.165, 1.54) is 180 Å². The van der Waals surface area contributed by atoms with E-state index in [0.717, 1.165) is 22.7 Å². The van der Waals surface area contributed by atoms with Crippen LogP contribution in [0, 0.1) is 13.8 Å². The summed E-state index contributed by atoms with van der Waals surface area (Å²) >= 11 is 1.98. The van der Waals surface area contributed by atoms with Gasteiger partial charge in [0.15, 0.2) is 44.0 Å². The van der Waals surface area contributed by atoms with Crippen LogP contribution >= 0.6 is 22.7 Å². The smallest absolute Gasteiger partial charge is 0.380 e. The molecule has 14 bridgehead atoms. The Morgan fingerprint density at radius 3 is 0.779 bits per heavy atom. The van der Waals surface area contributed by atoms with Crippen molar-refractivity contribution in [3.63, 3.8) is 0 Å². The average Bonchev–Trinajstić information content (AvgIpc) is 1.52. The maximum absolute atomic E-state index is 16.4. The number of nitrogens with zero attached hydrogens (tertiary/aromatic N) is 3. The lowest BCUT2D eigenvalue weighted by atomic mass is 9.94. The van der Waals surface area contributed by atoms with E-state index in [0.29, 0.717) is 38.1 Å². The first-order valence-corrected chi connectivity index (χ1v) is 47.1. The molecule has 0 radical (unpaired) electrons. The van der Waals surface area contributed by atoms with Gasteiger partial charge in [0.2, 0.25) is 0 Å². The third-order valence-electron chi connectivity index (χ3n) is 26.9. The molecule has 5 aromatic rings. The molecule has 21 saturated heterocycles. The van der Waals surface area contributed by atoms with Gasteiger partial charge in [0.25, 0.3) is 0 Å². The summed E-state index contributed by atoms with van der Waals surface area (Å²) in [6.45, 7) is 1.76. The Hall–Kier alpha value is -5.46. The molecule has 24 heterocycles. The van der Waals surface area contributed by atoms with E-state index < -0.39 is 255 Å². The maximum Gasteiger partial charge on any atom is 0.380 e. The fourth-order valence-corrected chi connectivity index (χ4v) is 22.2. The van der Waals surface area contributed by atoms with Gasteiger partial charge in [-0.3, -0.25) is 0 Å². The first-order valence-electron chi connectivity index (χ1n) is 45.4. The van der Waals surface area contributed by atoms with Gasteiger partial charge in [-0.1, -0.05) is 5.21 Å². The van der Waals surface area contributed by atoms with Gasteiger partial charge in [-0.15, -0.1) is 27.8 Å². The predicted molar refractivity (Wildman–Crippen MR) is 479 cm³/mol. The fourth-order valence-electron chi connectivity index (χ4n) is 20.2. The minimum absolute atomic E-state index is 0.0898. The van der Waals surface area contributed by atoms with Crippen LogP contribution in [0.5, 0.6) is 11.5 Å². The van der Waals surface area contributed by atoms with Gasteiger partial charge < -0.3 is 171 Å². The third-order valence-corrected chi connectivity index (χ3v) is 29.1. The molecule has 0 N–H and O–H groups in total. The molecule has 22 aliphatic rings. The molecule has 0 amide bonds. The number of methoxy groups -OCH3 is 21. The van der Waals surface area contributed by atoms with Gasteiger partial charge in [0, 0.05) is 173 Å². The van der Waals surface area contributed by atoms with Crippen LogP contribution in [0.15, 0.2) is 66.9 Å². The van der Waals surface area contributed by atoms with E-state index in [4.69, 9.17) is 171 Å². The van der Waals surface area contributed by atoms with E-state index in [1.54, 1.807) is 54.7 Å². The fraction of sp³-hybridized carbons (Fsp3) is 0.742. The molecule has 35 atom stereocenters. The highest BCUT2D eigenvalue weighted by Crippen LogP contribution is 2.66. The molecule has 2 aromatic carbocycles. The number of aromatic nitrogens is 3. The number of hydrogen-bond acceptors (Lipinski definition) is 40. The molecule has 0 saturated carbocycles. The average molecular weight is 2050 g/mol. The number of rotatable bonds is 36. The number of ether oxygens (including phenoxy) is 36. The molecule has 39 nitrogen and oxygen atoms in total. The first-order chi connectivity index (χ1) is 67.6. The summed E-state index contributed by atoms with van der Waals surface area (Å²) in [5, 5.41) is 9.06. The van der Waals surface area contributed by atoms with Crippen molar-refractivity contribution in [2.45, 2.75) is 260 Å². The monoisotopic (exact) mass is 2040 g/mol. The summed E-state index contributed by atoms with van der Waals surface area (Å²) in [4.78, 5) is 0.956. The first kappa shape index (κ1) is 110. The summed E-state index contributed by atoms with van der Waals surface area (Å²) in [5.74, 6) is -15.5. The Morgan fingerprint density at radius 2 is 0.543 bits per heavy atom. The van der Waals surface area contributed by atoms with Crippen molar-refractivity contribution in [2.24, 2.45) is 0 Å². The number of thiophene rings is 2. The number of halogens is 6. The summed E-state index contributed by atoms with van der Waals surface area (Å²) in [7, 11) is 30.9. The zero-order chi connectivity index (χ0) is 101. The zero-order valence-corrected chi connectivity index (χ0v) is 84.0. The van der Waals surface area contributed by atoms with Crippen molar-refractivity contribution in [3.05, 3.63) is 93.4 Å². The van der Waals surface area contributed by atoms with Crippen LogP contribution in [0.3, 0.4) is 0 Å². The predicted octanol–water partition coefficient (Wildman–Crippen LogP) is 7.64. The molecule has 47 heteroatoms. The number of allylic oxidation sites excluding steroid dienone is 2. The van der Waals surface area contributed by atoms with Crippen molar-refractivity contribution in [3.8, 4) is 32.4 Å². The molecule has 21 fully saturated rings. The Bertz CT molecular complexity index is 4680. The van der Waals surface area contributed by atoms with Crippen LogP contribution in [-0.4, -0.2) is 437 Å². The highest BCUT2D eigenvalue weighted by molar-refractivity contribution is 7.16. The molecular formula is C93H131F6N3O36S2. The normalized spacial score (nSPS) is 37.5. The van der Waals surface area contributed by atoms with Crippen molar-refractivity contribution < 1.29 is 197 Å². The van der Waals surface area contributed by atoms with Crippen LogP contribution in [-0.2, 0) is 174 Å². The van der Waals surface area contributed by atoms with Crippen LogP contribution in [0.2, 0.25) is 0 Å². The summed E-state index contributed by atoms with van der Waals surface area (Å²) < 4.78 is 334. The third kappa shape index (κ3) is 22.0. The van der Waals surface area contributed by atoms with E-state index >= 15 is 26.3 Å². The lowest BCUT2D eigenvalue weighted by Crippen LogP contribution is -2.69. The Kier molecular flexibility index (Phi) is 38.7. The lowest BCUT2D eigenvalue weighted by molar-refractivity contribution is -0.402. The minimum Gasteiger partial charge on any atom is -0.497 e. The highest BCUT2D eigenvalue weighted by Gasteiger charge is 2.81. The van der Waals surface area contributed by atoms with E-state index in [2.05, 4.69) is 10.3 Å². The highest BCUT2D eigenvalue weighted by atomic mass is 32.1. The second-order valence-electron chi connectivity index (χ2n) is 34.6. The lowest BCUT2D eigenvalue weighted by Gasteiger charge is -2.52. The van der Waals surface area contributed by atoms with Gasteiger partial charge in [-0.05, 0) is 96.8 Å². The number of alkyl halides is 6. The number of benzene rings is 2. The van der Waals surface area contributed by atoms with Crippen molar-refractivity contribution in [1.29, 1.82) is 0 Å². The maximum atomic E-state index is 16.4. The van der Waals surface area contributed by atoms with Crippen molar-refractivity contribution >= 4 is 33.8 Å². The van der Waals surface area contributed by atoms with E-state index in [9.17, 15) is 0 Å². The van der Waals surface area contributed by atoms with Crippen LogP contribution in [0.25, 0.3) is 32.0 Å². The minimum atomic E-state index is -5.79. The molecule has 140 heavy (non-hydrogen) atoms. The molecule has 0 spiro atoms. The molecule has 788 valence electrons. The summed E-state index contributed by atoms with van der Waals surface area (Å²) in [6, 6.07) is 15.5. The Labute approximate surface area is 816 Å². The van der Waals surface area contributed by atoms with Gasteiger partial charge in [0.05, 0.1) is 59.5 Å². The number of hydrogen-bond donors (Lipinski definition) is 0. The summed E-state index contributed by atoms with van der Waals surface area (Å²) in [5.41, 5.74) is -2.49. The van der Waals surface area contributed by atoms with E-state index in [1.807, 2.05) is 0 Å². The molecule has 27 rings (SSSR count). The van der Waals surface area contributed by atoms with Gasteiger partial charge >= 0.3 is 17.8 Å². The standard InChI is InChI=1S/C93H131F6N3O36S2/c1-43-50(32-59(139-43)45-24-28-48(109-9)29-25-45)61-62(92(96,97)93(98,99)91(61,94)95)51-33-60(140-44(51)2)46-26-30-49(31-27-46)124-36-47-34-102(101-100-47)35-52-63-70(110-10)77(117-17)84(125-52)133-64-53(37-103-3)127-86(79(119-19)71(64)111-11)135-66-55(39-105-5)129-88(81(121-21)73(66)113-13)137-68-57(41-107-7)131-90(83(123-23)75(68)115-15)138-69-58(42-108-8)130-89(82(122-22)76(69)116-16)136-67-56(40-106-6)128-87(80(120-20)74(67)114-14)134-65-54(38-104-4)126-85(132-63)78(118-18)72(65)112-12/h24-34,52-58,63-90H,35-42H2,1-23H3/t52-,53-,54-,55-,56-,57-,58-,63-,64-,65-,66-,67-,68-,69-,70+,71+,72+,73+,74+,75+,76+,77-,78-,79-,80-,81-,82-,83-,84-,85-,86-,87-,88-,89-,90-/m1/s1. The molecule has 1 aliphatic carbocycles. The number of aryl methyl sites for hydroxylation is 2. The SMILES string of the molecule is COC[C@H]1O[C@@H]2O[C@H]3[C@H](OC)[C@@H](OC)[C@@H](O[C@H]4[C@H](OC)[C@@H](OC)[C@@H](O[C@H]5[C@H](OC)[C@@H](OC)[C@@H](O[C@H]6[C@H](OC)[C@@H](OC)[C@@H](O[C@H]7[C@H](OC)[C@@H](OC)[C@@H](O[C@H]8[C@H](OC)[C@@H](OC)[C@@H](O[C@H]1[C@H](OC)[C@H]2OC)O[C@@H]8COC)O[C@@H]7COC)O[C@@H]6COC)O[C@@H]5Cn1cc(COc2ccc(-c5cc(C6=C(c7cc(-c8ccc(OC)cc8)sc7C)C(F)(F)C(F)(F)C6(F)F)c(C)s5)cc2)nn1)O[C@@H]4COC)O[C@@H]3COC. The molecule has 3 aromatic heterocycles. The van der Waals surface area contributed by atoms with Crippen molar-refractivity contribution in [1.82, 2.24) is 15.0 Å². The Balaban J connectivity index is 0.800. The molecule has 21 aliphatic heterocycles. The molecule has 0 unspecified atom stereocenters. The largest absolute Gasteiger partial charge is 0.497 e. The van der Waals surface area contributed by atoms with Crippen LogP contribution < -0.4 is 9.47 Å². The quantitative estimate of drug-likeness (QED) is 0.0347. The topological polar surface area (TPSA) is 363 Å². The second kappa shape index (κ2) is 49.1. The molecular weight excluding hydrogens is 1910 g/mol. The van der Waals surface area contributed by atoms with E-state index in [-0.39, 0.29) is 62.5 Å². The zero-order valence-electron chi connectivity index (χ0n) is 82.3. The van der Waals surface area contributed by atoms with Crippen LogP contribution in [0.4, 0.5) is 26.3 Å². The summed E-state index contributed by atoms with van der Waals surface area (Å²) in [6.07, 6.45) is -38.5. The van der Waals surface area contributed by atoms with Crippen molar-refractivity contribution in [2.75, 3.05) is 189 Å². The van der Waals surface area contributed by atoms with Gasteiger partial charge in [-0.2, -0.15) is 26.3 Å². The van der Waals surface area contributed by atoms with Gasteiger partial charge in [-0.25, -0.2) is 4.68 Å². The second-order valence-corrected chi connectivity index (χ2v) is 37.2. The van der Waals surface area contributed by atoms with Gasteiger partial charge in [0.1, 0.15) is 195 Å². The Morgan fingerprint density at radius 1 is 0.307 bits per heavy atom. The van der Waals surface area contributed by atoms with Crippen LogP contribution in [0.1, 0.15) is 26.6 Å².